The Balaban J connectivity index is 1.38. The van der Waals surface area contributed by atoms with Gasteiger partial charge in [0, 0.05) is 18.1 Å². The van der Waals surface area contributed by atoms with Crippen molar-refractivity contribution in [3.63, 3.8) is 0 Å². The van der Waals surface area contributed by atoms with E-state index in [2.05, 4.69) is 31.1 Å². The van der Waals surface area contributed by atoms with Crippen molar-refractivity contribution in [2.75, 3.05) is 13.6 Å². The van der Waals surface area contributed by atoms with Crippen LogP contribution in [-0.4, -0.2) is 36.6 Å². The molecule has 2 nitrogen and oxygen atoms in total. The number of hydrogen-bond acceptors (Lipinski definition) is 2. The summed E-state index contributed by atoms with van der Waals surface area (Å²) in [7, 11) is 2.35. The van der Waals surface area contributed by atoms with E-state index in [0.29, 0.717) is 0 Å². The van der Waals surface area contributed by atoms with Gasteiger partial charge in [-0.05, 0) is 82.7 Å². The molecule has 2 bridgehead atoms. The molecule has 20 heavy (non-hydrogen) atoms. The van der Waals surface area contributed by atoms with Crippen molar-refractivity contribution in [3.8, 4) is 0 Å². The van der Waals surface area contributed by atoms with Crippen LogP contribution in [0.1, 0.15) is 65.2 Å². The van der Waals surface area contributed by atoms with Gasteiger partial charge in [-0.2, -0.15) is 0 Å². The first-order valence-corrected chi connectivity index (χ1v) is 9.08. The molecule has 2 unspecified atom stereocenters. The van der Waals surface area contributed by atoms with Crippen LogP contribution in [0.15, 0.2) is 0 Å². The second-order valence-electron chi connectivity index (χ2n) is 8.15. The number of nitrogens with one attached hydrogen (secondary N) is 1. The summed E-state index contributed by atoms with van der Waals surface area (Å²) in [5.74, 6) is 2.83. The molecule has 3 aliphatic rings. The van der Waals surface area contributed by atoms with Crippen LogP contribution in [0.3, 0.4) is 0 Å². The van der Waals surface area contributed by atoms with Gasteiger partial charge in [0.2, 0.25) is 0 Å². The van der Waals surface area contributed by atoms with Crippen molar-refractivity contribution in [1.82, 2.24) is 10.2 Å². The molecule has 3 rings (SSSR count). The summed E-state index contributed by atoms with van der Waals surface area (Å²) in [5.41, 5.74) is 0. The molecule has 0 radical (unpaired) electrons. The number of fused-ring (bicyclic) bond motifs is 2. The summed E-state index contributed by atoms with van der Waals surface area (Å²) < 4.78 is 0. The Kier molecular flexibility index (Phi) is 4.72. The van der Waals surface area contributed by atoms with Crippen LogP contribution < -0.4 is 5.32 Å². The minimum Gasteiger partial charge on any atom is -0.314 e. The first-order valence-electron chi connectivity index (χ1n) is 9.08. The van der Waals surface area contributed by atoms with Crippen molar-refractivity contribution in [1.29, 1.82) is 0 Å². The predicted octanol–water partition coefficient (Wildman–Crippen LogP) is 3.66. The Morgan fingerprint density at radius 1 is 0.950 bits per heavy atom. The third-order valence-corrected chi connectivity index (χ3v) is 6.61. The Morgan fingerprint density at radius 3 is 2.10 bits per heavy atom. The zero-order valence-electron chi connectivity index (χ0n) is 13.8. The number of piperidine rings is 1. The van der Waals surface area contributed by atoms with Crippen LogP contribution >= 0.6 is 0 Å². The topological polar surface area (TPSA) is 15.3 Å². The zero-order chi connectivity index (χ0) is 14.1. The van der Waals surface area contributed by atoms with E-state index in [1.165, 1.54) is 57.9 Å². The zero-order valence-corrected chi connectivity index (χ0v) is 13.8. The maximum Gasteiger partial charge on any atom is 0.00988 e. The molecule has 0 aromatic rings. The number of rotatable bonds is 4. The monoisotopic (exact) mass is 278 g/mol. The summed E-state index contributed by atoms with van der Waals surface area (Å²) in [5, 5.41) is 3.92. The fourth-order valence-electron chi connectivity index (χ4n) is 5.01. The van der Waals surface area contributed by atoms with E-state index < -0.39 is 0 Å². The predicted molar refractivity (Wildman–Crippen MR) is 85.9 cm³/mol. The molecular weight excluding hydrogens is 244 g/mol. The third-order valence-electron chi connectivity index (χ3n) is 6.61. The highest BCUT2D eigenvalue weighted by atomic mass is 15.2. The standard InChI is InChI=1S/C18H34N2/c1-13(2)15-4-6-16(7-5-15)19-12-14-10-17-8-9-18(11-14)20(17)3/h13-19H,4-12H2,1-3H3. The van der Waals surface area contributed by atoms with Crippen molar-refractivity contribution in [3.05, 3.63) is 0 Å². The highest BCUT2D eigenvalue weighted by Gasteiger charge is 2.38. The van der Waals surface area contributed by atoms with E-state index in [4.69, 9.17) is 0 Å². The smallest absolute Gasteiger partial charge is 0.00988 e. The maximum atomic E-state index is 3.92. The highest BCUT2D eigenvalue weighted by molar-refractivity contribution is 4.94. The Hall–Kier alpha value is -0.0800. The van der Waals surface area contributed by atoms with E-state index in [0.717, 1.165) is 35.9 Å². The molecule has 2 atom stereocenters. The number of hydrogen-bond donors (Lipinski definition) is 1. The average Bonchev–Trinajstić information content (AvgIpc) is 2.66. The molecule has 1 saturated carbocycles. The van der Waals surface area contributed by atoms with E-state index in [1.807, 2.05) is 0 Å². The number of nitrogens with zero attached hydrogens (tertiary/aromatic N) is 1. The molecular formula is C18H34N2. The van der Waals surface area contributed by atoms with Gasteiger partial charge in [-0.25, -0.2) is 0 Å². The van der Waals surface area contributed by atoms with Crippen LogP contribution in [0.4, 0.5) is 0 Å². The summed E-state index contributed by atoms with van der Waals surface area (Å²) in [4.78, 5) is 2.66. The molecule has 0 aromatic carbocycles. The normalized spacial score (nSPS) is 42.3. The van der Waals surface area contributed by atoms with E-state index in [1.54, 1.807) is 0 Å². The summed E-state index contributed by atoms with van der Waals surface area (Å²) in [6.07, 6.45) is 11.5. The molecule has 2 heteroatoms. The molecule has 0 aromatic heterocycles. The third kappa shape index (κ3) is 3.22. The van der Waals surface area contributed by atoms with Crippen LogP contribution in [0, 0.1) is 17.8 Å². The van der Waals surface area contributed by atoms with E-state index in [-0.39, 0.29) is 0 Å². The summed E-state index contributed by atoms with van der Waals surface area (Å²) >= 11 is 0. The van der Waals surface area contributed by atoms with Crippen LogP contribution in [-0.2, 0) is 0 Å². The first-order chi connectivity index (χ1) is 9.63. The Bertz CT molecular complexity index is 293. The molecule has 2 heterocycles. The molecule has 1 N–H and O–H groups in total. The van der Waals surface area contributed by atoms with Crippen LogP contribution in [0.25, 0.3) is 0 Å². The van der Waals surface area contributed by atoms with Gasteiger partial charge in [-0.15, -0.1) is 0 Å². The Labute approximate surface area is 125 Å². The molecule has 2 aliphatic heterocycles. The van der Waals surface area contributed by atoms with Crippen molar-refractivity contribution >= 4 is 0 Å². The molecule has 116 valence electrons. The van der Waals surface area contributed by atoms with E-state index >= 15 is 0 Å². The highest BCUT2D eigenvalue weighted by Crippen LogP contribution is 2.37. The second-order valence-corrected chi connectivity index (χ2v) is 8.15. The molecule has 0 amide bonds. The van der Waals surface area contributed by atoms with Gasteiger partial charge >= 0.3 is 0 Å². The van der Waals surface area contributed by atoms with Gasteiger partial charge < -0.3 is 10.2 Å². The van der Waals surface area contributed by atoms with Crippen molar-refractivity contribution in [2.24, 2.45) is 17.8 Å². The SMILES string of the molecule is CC(C)C1CCC(NCC2CC3CCC(C2)N3C)CC1. The summed E-state index contributed by atoms with van der Waals surface area (Å²) in [6.45, 7) is 6.08. The van der Waals surface area contributed by atoms with Crippen LogP contribution in [0.5, 0.6) is 0 Å². The van der Waals surface area contributed by atoms with Gasteiger partial charge in [0.05, 0.1) is 0 Å². The lowest BCUT2D eigenvalue weighted by atomic mass is 9.79. The quantitative estimate of drug-likeness (QED) is 0.844. The lowest BCUT2D eigenvalue weighted by Crippen LogP contribution is -2.44. The fourth-order valence-corrected chi connectivity index (χ4v) is 5.01. The molecule has 0 spiro atoms. The van der Waals surface area contributed by atoms with E-state index in [9.17, 15) is 0 Å². The minimum absolute atomic E-state index is 0.822. The molecule has 2 saturated heterocycles. The maximum absolute atomic E-state index is 3.92. The van der Waals surface area contributed by atoms with Gasteiger partial charge in [0.25, 0.3) is 0 Å². The minimum atomic E-state index is 0.822. The van der Waals surface area contributed by atoms with Gasteiger partial charge in [0.15, 0.2) is 0 Å². The Morgan fingerprint density at radius 2 is 1.55 bits per heavy atom. The molecule has 3 fully saturated rings. The van der Waals surface area contributed by atoms with Crippen LogP contribution in [0.2, 0.25) is 0 Å². The van der Waals surface area contributed by atoms with Crippen molar-refractivity contribution < 1.29 is 0 Å². The van der Waals surface area contributed by atoms with Gasteiger partial charge in [-0.3, -0.25) is 0 Å². The molecule has 1 aliphatic carbocycles. The lowest BCUT2D eigenvalue weighted by molar-refractivity contribution is 0.128. The average molecular weight is 278 g/mol. The fraction of sp³-hybridized carbons (Fsp3) is 1.00. The lowest BCUT2D eigenvalue weighted by Gasteiger charge is -2.38. The second kappa shape index (κ2) is 6.36. The van der Waals surface area contributed by atoms with Gasteiger partial charge in [-0.1, -0.05) is 13.8 Å². The summed E-state index contributed by atoms with van der Waals surface area (Å²) in [6, 6.07) is 2.62. The van der Waals surface area contributed by atoms with Gasteiger partial charge in [0.1, 0.15) is 0 Å². The largest absolute Gasteiger partial charge is 0.314 e. The van der Waals surface area contributed by atoms with Crippen molar-refractivity contribution in [2.45, 2.75) is 83.3 Å². The first kappa shape index (κ1) is 14.8.